The smallest absolute Gasteiger partial charge is 0.139 e. The first-order valence-corrected chi connectivity index (χ1v) is 13.5. The molecule has 0 unspecified atom stereocenters. The zero-order chi connectivity index (χ0) is 22.3. The van der Waals surface area contributed by atoms with Crippen molar-refractivity contribution in [1.82, 2.24) is 20.1 Å². The number of nitrogens with one attached hydrogen (secondary N) is 1. The molecule has 0 aliphatic carbocycles. The highest BCUT2D eigenvalue weighted by atomic mass is 28.3. The Morgan fingerprint density at radius 2 is 1.78 bits per heavy atom. The molecule has 0 saturated carbocycles. The average Bonchev–Trinajstić information content (AvgIpc) is 3.26. The fourth-order valence-electron chi connectivity index (χ4n) is 3.43. The van der Waals surface area contributed by atoms with Crippen molar-refractivity contribution in [3.05, 3.63) is 72.6 Å². The van der Waals surface area contributed by atoms with Crippen molar-refractivity contribution in [3.8, 4) is 22.8 Å². The van der Waals surface area contributed by atoms with Crippen molar-refractivity contribution in [2.45, 2.75) is 32.4 Å². The number of rotatable bonds is 10. The Balaban J connectivity index is 1.42. The lowest BCUT2D eigenvalue weighted by Gasteiger charge is -2.11. The van der Waals surface area contributed by atoms with Crippen molar-refractivity contribution in [3.63, 3.8) is 0 Å². The van der Waals surface area contributed by atoms with Gasteiger partial charge in [0.15, 0.2) is 0 Å². The number of benzene rings is 2. The maximum atomic E-state index is 6.08. The van der Waals surface area contributed by atoms with Crippen LogP contribution in [0.1, 0.15) is 5.69 Å². The third-order valence-corrected chi connectivity index (χ3v) is 6.34. The summed E-state index contributed by atoms with van der Waals surface area (Å²) in [4.78, 5) is 4.66. The van der Waals surface area contributed by atoms with E-state index in [0.29, 0.717) is 6.73 Å². The first-order chi connectivity index (χ1) is 15.6. The van der Waals surface area contributed by atoms with E-state index in [1.54, 1.807) is 0 Å². The second-order valence-corrected chi connectivity index (χ2v) is 10.9. The van der Waals surface area contributed by atoms with Gasteiger partial charge in [-0.05, 0) is 67.7 Å². The molecule has 2 heterocycles. The van der Waals surface area contributed by atoms with Gasteiger partial charge in [-0.1, -0.05) is 19.2 Å². The largest absolute Gasteiger partial charge is 0.457 e. The third kappa shape index (κ3) is 5.62. The van der Waals surface area contributed by atoms with Crippen molar-refractivity contribution >= 4 is 19.7 Å². The minimum absolute atomic E-state index is 0.258. The van der Waals surface area contributed by atoms with Gasteiger partial charge in [0.25, 0.3) is 0 Å². The van der Waals surface area contributed by atoms with E-state index in [0.717, 1.165) is 58.5 Å². The molecule has 0 saturated heterocycles. The highest BCUT2D eigenvalue weighted by molar-refractivity contribution is 6.55. The van der Waals surface area contributed by atoms with Crippen LogP contribution in [0.2, 0.25) is 19.1 Å². The first kappa shape index (κ1) is 22.2. The standard InChI is InChI=1S/C25H29N4O2Si/c1-26-17-21-7-4-20-16-23(10-11-24(20)28-21)31-22-8-5-19(6-9-22)25-12-13-27-29(25)18-30-14-15-32(2)3/h4-13,16,26H,14-15,17-18H2,1-3H3. The van der Waals surface area contributed by atoms with E-state index < -0.39 is 0 Å². The van der Waals surface area contributed by atoms with E-state index in [9.17, 15) is 0 Å². The highest BCUT2D eigenvalue weighted by Gasteiger charge is 2.07. The Hall–Kier alpha value is -3.00. The summed E-state index contributed by atoms with van der Waals surface area (Å²) in [5, 5.41) is 8.59. The summed E-state index contributed by atoms with van der Waals surface area (Å²) < 4.78 is 13.8. The summed E-state index contributed by atoms with van der Waals surface area (Å²) >= 11 is 0. The quantitative estimate of drug-likeness (QED) is 0.264. The Morgan fingerprint density at radius 3 is 2.56 bits per heavy atom. The van der Waals surface area contributed by atoms with Gasteiger partial charge < -0.3 is 14.8 Å². The summed E-state index contributed by atoms with van der Waals surface area (Å²) in [5.41, 5.74) is 4.10. The molecule has 2 aromatic heterocycles. The summed E-state index contributed by atoms with van der Waals surface area (Å²) in [6, 6.07) is 21.3. The van der Waals surface area contributed by atoms with Crippen molar-refractivity contribution in [2.24, 2.45) is 0 Å². The second-order valence-electron chi connectivity index (χ2n) is 8.02. The lowest BCUT2D eigenvalue weighted by molar-refractivity contribution is 0.0801. The summed E-state index contributed by atoms with van der Waals surface area (Å²) in [7, 11) is 1.66. The van der Waals surface area contributed by atoms with Crippen LogP contribution in [-0.4, -0.2) is 37.2 Å². The number of fused-ring (bicyclic) bond motifs is 1. The lowest BCUT2D eigenvalue weighted by Crippen LogP contribution is -2.10. The zero-order valence-corrected chi connectivity index (χ0v) is 19.8. The molecule has 165 valence electrons. The van der Waals surface area contributed by atoms with Gasteiger partial charge in [-0.2, -0.15) is 5.10 Å². The third-order valence-electron chi connectivity index (χ3n) is 5.14. The minimum atomic E-state index is -0.258. The molecule has 7 heteroatoms. The lowest BCUT2D eigenvalue weighted by atomic mass is 10.1. The zero-order valence-electron chi connectivity index (χ0n) is 18.8. The molecule has 4 aromatic rings. The Bertz CT molecular complexity index is 1160. The van der Waals surface area contributed by atoms with Crippen molar-refractivity contribution in [1.29, 1.82) is 0 Å². The molecule has 1 N–H and O–H groups in total. The number of nitrogens with zero attached hydrogens (tertiary/aromatic N) is 3. The van der Waals surface area contributed by atoms with E-state index >= 15 is 0 Å². The van der Waals surface area contributed by atoms with Crippen LogP contribution in [0.25, 0.3) is 22.2 Å². The van der Waals surface area contributed by atoms with Crippen molar-refractivity contribution in [2.75, 3.05) is 13.7 Å². The fourth-order valence-corrected chi connectivity index (χ4v) is 3.98. The molecular formula is C25H29N4O2Si. The van der Waals surface area contributed by atoms with Crippen LogP contribution in [0.15, 0.2) is 66.9 Å². The van der Waals surface area contributed by atoms with Crippen LogP contribution in [-0.2, 0) is 18.0 Å². The van der Waals surface area contributed by atoms with Gasteiger partial charge in [-0.3, -0.25) is 4.98 Å². The van der Waals surface area contributed by atoms with Crippen LogP contribution >= 0.6 is 0 Å². The fraction of sp³-hybridized carbons (Fsp3) is 0.280. The summed E-state index contributed by atoms with van der Waals surface area (Å²) in [6.45, 7) is 6.60. The van der Waals surface area contributed by atoms with E-state index in [-0.39, 0.29) is 8.80 Å². The van der Waals surface area contributed by atoms with Gasteiger partial charge in [-0.15, -0.1) is 0 Å². The molecule has 0 bridgehead atoms. The van der Waals surface area contributed by atoms with Gasteiger partial charge in [0.2, 0.25) is 0 Å². The summed E-state index contributed by atoms with van der Waals surface area (Å²) in [5.74, 6) is 1.58. The molecular weight excluding hydrogens is 416 g/mol. The normalized spacial score (nSPS) is 11.4. The predicted octanol–water partition coefficient (Wildman–Crippen LogP) is 5.34. The average molecular weight is 446 g/mol. The molecule has 0 amide bonds. The molecule has 0 fully saturated rings. The minimum Gasteiger partial charge on any atom is -0.457 e. The van der Waals surface area contributed by atoms with Gasteiger partial charge in [0, 0.05) is 39.1 Å². The van der Waals surface area contributed by atoms with Gasteiger partial charge in [0.05, 0.1) is 16.9 Å². The molecule has 4 rings (SSSR count). The SMILES string of the molecule is CNCc1ccc2cc(Oc3ccc(-c4ccnn4COCC[Si](C)C)cc3)ccc2n1. The van der Waals surface area contributed by atoms with E-state index in [2.05, 4.69) is 46.7 Å². The Morgan fingerprint density at radius 1 is 0.969 bits per heavy atom. The van der Waals surface area contributed by atoms with Crippen LogP contribution in [0.4, 0.5) is 0 Å². The number of pyridine rings is 1. The maximum absolute atomic E-state index is 6.08. The van der Waals surface area contributed by atoms with Crippen molar-refractivity contribution < 1.29 is 9.47 Å². The molecule has 0 aliphatic rings. The molecule has 1 radical (unpaired) electrons. The van der Waals surface area contributed by atoms with E-state index in [1.165, 1.54) is 0 Å². The topological polar surface area (TPSA) is 61.2 Å². The molecule has 0 atom stereocenters. The summed E-state index contributed by atoms with van der Waals surface area (Å²) in [6.07, 6.45) is 1.81. The maximum Gasteiger partial charge on any atom is 0.139 e. The number of hydrogen-bond acceptors (Lipinski definition) is 5. The highest BCUT2D eigenvalue weighted by Crippen LogP contribution is 2.28. The van der Waals surface area contributed by atoms with Crippen LogP contribution in [0.5, 0.6) is 11.5 Å². The molecule has 0 spiro atoms. The first-order valence-electron chi connectivity index (χ1n) is 10.8. The van der Waals surface area contributed by atoms with Crippen LogP contribution in [0.3, 0.4) is 0 Å². The van der Waals surface area contributed by atoms with Gasteiger partial charge in [-0.25, -0.2) is 4.68 Å². The second kappa shape index (κ2) is 10.5. The van der Waals surface area contributed by atoms with Crippen LogP contribution < -0.4 is 10.1 Å². The molecule has 2 aromatic carbocycles. The molecule has 32 heavy (non-hydrogen) atoms. The molecule has 6 nitrogen and oxygen atoms in total. The van der Waals surface area contributed by atoms with Crippen LogP contribution in [0, 0.1) is 0 Å². The van der Waals surface area contributed by atoms with E-state index in [4.69, 9.17) is 9.47 Å². The molecule has 0 aliphatic heterocycles. The monoisotopic (exact) mass is 445 g/mol. The predicted molar refractivity (Wildman–Crippen MR) is 130 cm³/mol. The Kier molecular flexibility index (Phi) is 7.31. The van der Waals surface area contributed by atoms with E-state index in [1.807, 2.05) is 60.4 Å². The number of aromatic nitrogens is 3. The Labute approximate surface area is 190 Å². The van der Waals surface area contributed by atoms with Gasteiger partial charge >= 0.3 is 0 Å². The van der Waals surface area contributed by atoms with Gasteiger partial charge in [0.1, 0.15) is 18.2 Å². The number of ether oxygens (including phenoxy) is 2. The number of hydrogen-bond donors (Lipinski definition) is 1.